The van der Waals surface area contributed by atoms with E-state index in [1.807, 2.05) is 48.5 Å². The zero-order chi connectivity index (χ0) is 25.1. The van der Waals surface area contributed by atoms with Crippen LogP contribution >= 0.6 is 43.5 Å². The van der Waals surface area contributed by atoms with E-state index in [-0.39, 0.29) is 12.5 Å². The second kappa shape index (κ2) is 10.8. The van der Waals surface area contributed by atoms with E-state index in [0.717, 1.165) is 22.3 Å². The number of aliphatic carboxylic acids is 1. The fourth-order valence-corrected chi connectivity index (χ4v) is 5.90. The van der Waals surface area contributed by atoms with Gasteiger partial charge in [0.15, 0.2) is 0 Å². The van der Waals surface area contributed by atoms with Crippen LogP contribution < -0.4 is 10.6 Å². The van der Waals surface area contributed by atoms with Crippen molar-refractivity contribution in [3.63, 3.8) is 0 Å². The summed E-state index contributed by atoms with van der Waals surface area (Å²) in [6, 6.07) is 17.6. The lowest BCUT2D eigenvalue weighted by atomic mass is 9.98. The number of nitrogens with one attached hydrogen (secondary N) is 2. The first-order valence-corrected chi connectivity index (χ1v) is 12.5. The predicted octanol–water partition coefficient (Wildman–Crippen LogP) is 6.19. The average molecular weight is 623 g/mol. The van der Waals surface area contributed by atoms with Gasteiger partial charge in [0, 0.05) is 19.9 Å². The molecule has 0 bridgehead atoms. The van der Waals surface area contributed by atoms with Crippen LogP contribution in [0.4, 0.5) is 10.5 Å². The van der Waals surface area contributed by atoms with Crippen LogP contribution in [-0.4, -0.2) is 35.7 Å². The number of ether oxygens (including phenoxy) is 1. The van der Waals surface area contributed by atoms with Gasteiger partial charge in [0.25, 0.3) is 0 Å². The van der Waals surface area contributed by atoms with Crippen molar-refractivity contribution in [2.75, 3.05) is 11.9 Å². The minimum Gasteiger partial charge on any atom is -0.481 e. The van der Waals surface area contributed by atoms with E-state index in [0.29, 0.717) is 19.7 Å². The summed E-state index contributed by atoms with van der Waals surface area (Å²) in [7, 11) is 0. The van der Waals surface area contributed by atoms with Gasteiger partial charge in [-0.3, -0.25) is 9.59 Å². The lowest BCUT2D eigenvalue weighted by Crippen LogP contribution is -2.45. The summed E-state index contributed by atoms with van der Waals surface area (Å²) in [5, 5.41) is 14.7. The Bertz CT molecular complexity index is 1250. The number of rotatable bonds is 7. The molecule has 35 heavy (non-hydrogen) atoms. The number of carboxylic acid groups (broad SMARTS) is 1. The van der Waals surface area contributed by atoms with Crippen LogP contribution in [0.3, 0.4) is 0 Å². The Kier molecular flexibility index (Phi) is 7.78. The summed E-state index contributed by atoms with van der Waals surface area (Å²) < 4.78 is 6.43. The third-order valence-electron chi connectivity index (χ3n) is 5.59. The molecular formula is C25H19Br2ClN2O5. The van der Waals surface area contributed by atoms with Gasteiger partial charge in [0.2, 0.25) is 5.91 Å². The maximum Gasteiger partial charge on any atom is 0.407 e. The maximum atomic E-state index is 12.8. The van der Waals surface area contributed by atoms with Gasteiger partial charge >= 0.3 is 12.1 Å². The van der Waals surface area contributed by atoms with Crippen LogP contribution in [0.15, 0.2) is 69.6 Å². The van der Waals surface area contributed by atoms with Crippen LogP contribution in [0.2, 0.25) is 5.02 Å². The summed E-state index contributed by atoms with van der Waals surface area (Å²) in [6.07, 6.45) is -1.51. The molecule has 0 aromatic heterocycles. The molecule has 1 atom stereocenters. The molecule has 1 aliphatic carbocycles. The van der Waals surface area contributed by atoms with E-state index in [2.05, 4.69) is 42.5 Å². The number of carbonyl (C=O) groups excluding carboxylic acids is 2. The van der Waals surface area contributed by atoms with Gasteiger partial charge in [-0.1, -0.05) is 60.1 Å². The number of hydrogen-bond donors (Lipinski definition) is 3. The number of halogens is 3. The molecule has 1 unspecified atom stereocenters. The number of amides is 2. The van der Waals surface area contributed by atoms with Crippen LogP contribution in [0.25, 0.3) is 11.1 Å². The number of carboxylic acids is 1. The lowest BCUT2D eigenvalue weighted by Gasteiger charge is -2.19. The van der Waals surface area contributed by atoms with Crippen molar-refractivity contribution in [3.05, 3.63) is 85.8 Å². The molecule has 0 fully saturated rings. The maximum absolute atomic E-state index is 12.8. The topological polar surface area (TPSA) is 105 Å². The number of alkyl carbamates (subject to hydrolysis) is 1. The molecule has 180 valence electrons. The van der Waals surface area contributed by atoms with E-state index in [1.54, 1.807) is 12.1 Å². The zero-order valence-electron chi connectivity index (χ0n) is 18.1. The number of anilines is 1. The summed E-state index contributed by atoms with van der Waals surface area (Å²) in [4.78, 5) is 36.8. The molecule has 4 rings (SSSR count). The summed E-state index contributed by atoms with van der Waals surface area (Å²) in [5.74, 6) is -2.14. The van der Waals surface area contributed by atoms with Gasteiger partial charge < -0.3 is 20.5 Å². The molecule has 0 saturated heterocycles. The summed E-state index contributed by atoms with van der Waals surface area (Å²) >= 11 is 12.6. The van der Waals surface area contributed by atoms with E-state index in [4.69, 9.17) is 16.3 Å². The van der Waals surface area contributed by atoms with Gasteiger partial charge in [-0.15, -0.1) is 0 Å². The number of benzene rings is 3. The SMILES string of the molecule is O=C(O)CC(NC(=O)OCC1c2ccccc2-c2ccccc21)C(=O)Nc1c(Br)cc(Cl)cc1Br. The molecular weight excluding hydrogens is 604 g/mol. The fourth-order valence-electron chi connectivity index (χ4n) is 4.04. The molecule has 2 amide bonds. The minimum absolute atomic E-state index is 0.0373. The van der Waals surface area contributed by atoms with Gasteiger partial charge in [-0.2, -0.15) is 0 Å². The Labute approximate surface area is 223 Å². The predicted molar refractivity (Wildman–Crippen MR) is 140 cm³/mol. The molecule has 7 nitrogen and oxygen atoms in total. The highest BCUT2D eigenvalue weighted by atomic mass is 79.9. The second-order valence-corrected chi connectivity index (χ2v) is 10.00. The normalized spacial score (nSPS) is 12.9. The Hall–Kier alpha value is -2.88. The van der Waals surface area contributed by atoms with Crippen LogP contribution in [0.5, 0.6) is 0 Å². The summed E-state index contributed by atoms with van der Waals surface area (Å²) in [5.41, 5.74) is 4.60. The van der Waals surface area contributed by atoms with E-state index < -0.39 is 30.4 Å². The smallest absolute Gasteiger partial charge is 0.407 e. The largest absolute Gasteiger partial charge is 0.481 e. The lowest BCUT2D eigenvalue weighted by molar-refractivity contribution is -0.139. The van der Waals surface area contributed by atoms with Crippen molar-refractivity contribution in [1.29, 1.82) is 0 Å². The van der Waals surface area contributed by atoms with Crippen LogP contribution in [-0.2, 0) is 14.3 Å². The van der Waals surface area contributed by atoms with Crippen molar-refractivity contribution < 1.29 is 24.2 Å². The molecule has 0 heterocycles. The van der Waals surface area contributed by atoms with Crippen molar-refractivity contribution in [1.82, 2.24) is 5.32 Å². The van der Waals surface area contributed by atoms with Gasteiger partial charge in [-0.25, -0.2) is 4.79 Å². The Morgan fingerprint density at radius 2 is 1.51 bits per heavy atom. The Morgan fingerprint density at radius 1 is 0.971 bits per heavy atom. The van der Waals surface area contributed by atoms with E-state index in [9.17, 15) is 19.5 Å². The fraction of sp³-hybridized carbons (Fsp3) is 0.160. The average Bonchev–Trinajstić information content (AvgIpc) is 3.13. The van der Waals surface area contributed by atoms with Gasteiger partial charge in [0.1, 0.15) is 12.6 Å². The first-order valence-electron chi connectivity index (χ1n) is 10.5. The molecule has 0 saturated carbocycles. The first-order chi connectivity index (χ1) is 16.7. The van der Waals surface area contributed by atoms with Crippen LogP contribution in [0, 0.1) is 0 Å². The van der Waals surface area contributed by atoms with Crippen molar-refractivity contribution in [3.8, 4) is 11.1 Å². The Balaban J connectivity index is 1.45. The zero-order valence-corrected chi connectivity index (χ0v) is 22.0. The highest BCUT2D eigenvalue weighted by molar-refractivity contribution is 9.11. The van der Waals surface area contributed by atoms with Crippen LogP contribution in [0.1, 0.15) is 23.5 Å². The van der Waals surface area contributed by atoms with Crippen molar-refractivity contribution in [2.45, 2.75) is 18.4 Å². The summed E-state index contributed by atoms with van der Waals surface area (Å²) in [6.45, 7) is 0.0373. The van der Waals surface area contributed by atoms with E-state index >= 15 is 0 Å². The molecule has 0 aliphatic heterocycles. The third-order valence-corrected chi connectivity index (χ3v) is 7.06. The molecule has 3 aromatic rings. The van der Waals surface area contributed by atoms with Gasteiger partial charge in [0.05, 0.1) is 12.1 Å². The monoisotopic (exact) mass is 620 g/mol. The van der Waals surface area contributed by atoms with E-state index in [1.165, 1.54) is 0 Å². The molecule has 0 radical (unpaired) electrons. The minimum atomic E-state index is -1.36. The standard InChI is InChI=1S/C25H19Br2ClN2O5/c26-19-9-13(28)10-20(27)23(19)30-24(33)21(11-22(31)32)29-25(34)35-12-18-16-7-3-1-5-14(16)15-6-2-4-8-17(15)18/h1-10,18,21H,11-12H2,(H,29,34)(H,30,33)(H,31,32). The Morgan fingerprint density at radius 3 is 2.06 bits per heavy atom. The number of carbonyl (C=O) groups is 3. The molecule has 3 aromatic carbocycles. The quantitative estimate of drug-likeness (QED) is 0.292. The third kappa shape index (κ3) is 5.69. The molecule has 3 N–H and O–H groups in total. The second-order valence-electron chi connectivity index (χ2n) is 7.85. The van der Waals surface area contributed by atoms with Gasteiger partial charge in [-0.05, 0) is 66.2 Å². The van der Waals surface area contributed by atoms with Crippen molar-refractivity contribution in [2.24, 2.45) is 0 Å². The number of hydrogen-bond acceptors (Lipinski definition) is 4. The molecule has 1 aliphatic rings. The highest BCUT2D eigenvalue weighted by Crippen LogP contribution is 2.44. The first kappa shape index (κ1) is 25.2. The molecule has 0 spiro atoms. The molecule has 10 heteroatoms. The number of fused-ring (bicyclic) bond motifs is 3. The van der Waals surface area contributed by atoms with Crippen molar-refractivity contribution >= 4 is 67.1 Å². The highest BCUT2D eigenvalue weighted by Gasteiger charge is 2.30.